The van der Waals surface area contributed by atoms with Crippen LogP contribution in [-0.2, 0) is 23.6 Å². The van der Waals surface area contributed by atoms with Gasteiger partial charge >= 0.3 is 11.7 Å². The number of rotatable bonds is 4. The van der Waals surface area contributed by atoms with Gasteiger partial charge in [-0.25, -0.2) is 9.59 Å². The second kappa shape index (κ2) is 8.34. The van der Waals surface area contributed by atoms with Gasteiger partial charge in [0.25, 0.3) is 5.56 Å². The fraction of sp³-hybridized carbons (Fsp3) is 0.240. The largest absolute Gasteiger partial charge is 0.463 e. The summed E-state index contributed by atoms with van der Waals surface area (Å²) in [5, 5.41) is 3.22. The normalized spacial score (nSPS) is 15.2. The second-order valence-electron chi connectivity index (χ2n) is 7.81. The number of aromatic nitrogens is 2. The molecule has 2 aromatic carbocycles. The van der Waals surface area contributed by atoms with Gasteiger partial charge in [-0.15, -0.1) is 0 Å². The van der Waals surface area contributed by atoms with Crippen molar-refractivity contribution in [2.75, 3.05) is 11.9 Å². The topological polar surface area (TPSA) is 82.3 Å². The SMILES string of the molecule is CCOC(=O)C1=C(c2ccccc2)Nc2c(c(=O)n(C)c(=O)n2C)C1c1ccc(C)cc1. The van der Waals surface area contributed by atoms with Crippen LogP contribution in [0.4, 0.5) is 5.82 Å². The number of carbonyl (C=O) groups is 1. The molecule has 1 N–H and O–H groups in total. The maximum Gasteiger partial charge on any atom is 0.337 e. The fourth-order valence-corrected chi connectivity index (χ4v) is 4.11. The van der Waals surface area contributed by atoms with E-state index < -0.39 is 23.1 Å². The monoisotopic (exact) mass is 431 g/mol. The molecule has 0 saturated heterocycles. The number of esters is 1. The maximum absolute atomic E-state index is 13.3. The zero-order chi connectivity index (χ0) is 23.0. The van der Waals surface area contributed by atoms with Crippen LogP contribution in [0.2, 0.25) is 0 Å². The van der Waals surface area contributed by atoms with Gasteiger partial charge in [0.15, 0.2) is 0 Å². The van der Waals surface area contributed by atoms with E-state index in [0.717, 1.165) is 21.3 Å². The Labute approximate surface area is 185 Å². The van der Waals surface area contributed by atoms with E-state index in [4.69, 9.17) is 4.74 Å². The molecule has 4 rings (SSSR count). The molecule has 0 bridgehead atoms. The van der Waals surface area contributed by atoms with Crippen molar-refractivity contribution in [1.82, 2.24) is 9.13 Å². The summed E-state index contributed by atoms with van der Waals surface area (Å²) in [5.74, 6) is -0.840. The van der Waals surface area contributed by atoms with Crippen molar-refractivity contribution in [1.29, 1.82) is 0 Å². The molecule has 1 aliphatic heterocycles. The van der Waals surface area contributed by atoms with Gasteiger partial charge in [-0.2, -0.15) is 0 Å². The van der Waals surface area contributed by atoms with Crippen LogP contribution >= 0.6 is 0 Å². The van der Waals surface area contributed by atoms with Crippen LogP contribution in [0.25, 0.3) is 5.70 Å². The molecule has 0 fully saturated rings. The number of nitrogens with zero attached hydrogens (tertiary/aromatic N) is 2. The van der Waals surface area contributed by atoms with Crippen molar-refractivity contribution in [3.8, 4) is 0 Å². The van der Waals surface area contributed by atoms with E-state index in [-0.39, 0.29) is 6.61 Å². The number of nitrogens with one attached hydrogen (secondary N) is 1. The van der Waals surface area contributed by atoms with E-state index >= 15 is 0 Å². The highest BCUT2D eigenvalue weighted by atomic mass is 16.5. The van der Waals surface area contributed by atoms with Gasteiger partial charge in [0.05, 0.1) is 29.4 Å². The standard InChI is InChI=1S/C25H25N3O4/c1-5-32-24(30)19-18(16-13-11-15(2)12-14-16)20-22(27(3)25(31)28(4)23(20)29)26-21(19)17-9-7-6-8-10-17/h6-14,18,26H,5H2,1-4H3. The van der Waals surface area contributed by atoms with Gasteiger partial charge < -0.3 is 10.1 Å². The minimum atomic E-state index is -0.702. The van der Waals surface area contributed by atoms with Gasteiger partial charge in [-0.05, 0) is 25.0 Å². The van der Waals surface area contributed by atoms with Crippen molar-refractivity contribution in [3.63, 3.8) is 0 Å². The smallest absolute Gasteiger partial charge is 0.337 e. The number of fused-ring (bicyclic) bond motifs is 1. The molecule has 0 radical (unpaired) electrons. The summed E-state index contributed by atoms with van der Waals surface area (Å²) in [7, 11) is 3.05. The van der Waals surface area contributed by atoms with E-state index in [0.29, 0.717) is 22.7 Å². The predicted molar refractivity (Wildman–Crippen MR) is 124 cm³/mol. The van der Waals surface area contributed by atoms with E-state index in [9.17, 15) is 14.4 Å². The molecule has 1 unspecified atom stereocenters. The van der Waals surface area contributed by atoms with Gasteiger partial charge in [-0.3, -0.25) is 13.9 Å². The molecule has 0 amide bonds. The Morgan fingerprint density at radius 1 is 1.00 bits per heavy atom. The summed E-state index contributed by atoms with van der Waals surface area (Å²) < 4.78 is 7.91. The third kappa shape index (κ3) is 3.45. The Morgan fingerprint density at radius 3 is 2.28 bits per heavy atom. The lowest BCUT2D eigenvalue weighted by atomic mass is 9.80. The summed E-state index contributed by atoms with van der Waals surface area (Å²) in [6.45, 7) is 3.91. The minimum absolute atomic E-state index is 0.198. The molecule has 1 atom stereocenters. The highest BCUT2D eigenvalue weighted by molar-refractivity contribution is 6.04. The first-order valence-electron chi connectivity index (χ1n) is 10.4. The molecule has 1 aliphatic rings. The van der Waals surface area contributed by atoms with Crippen LogP contribution in [0.15, 0.2) is 69.8 Å². The number of anilines is 1. The quantitative estimate of drug-likeness (QED) is 0.643. The lowest BCUT2D eigenvalue weighted by Crippen LogP contribution is -2.43. The molecule has 32 heavy (non-hydrogen) atoms. The Morgan fingerprint density at radius 2 is 1.66 bits per heavy atom. The third-order valence-electron chi connectivity index (χ3n) is 5.76. The summed E-state index contributed by atoms with van der Waals surface area (Å²) >= 11 is 0. The van der Waals surface area contributed by atoms with Gasteiger partial charge in [0, 0.05) is 14.1 Å². The van der Waals surface area contributed by atoms with Crippen molar-refractivity contribution in [2.45, 2.75) is 19.8 Å². The first-order chi connectivity index (χ1) is 15.3. The molecular weight excluding hydrogens is 406 g/mol. The van der Waals surface area contributed by atoms with Crippen LogP contribution in [0, 0.1) is 6.92 Å². The Kier molecular flexibility index (Phi) is 5.57. The van der Waals surface area contributed by atoms with E-state index in [1.54, 1.807) is 14.0 Å². The van der Waals surface area contributed by atoms with Crippen molar-refractivity contribution in [3.05, 3.63) is 103 Å². The molecule has 7 nitrogen and oxygen atoms in total. The Balaban J connectivity index is 2.13. The summed E-state index contributed by atoms with van der Waals surface area (Å²) in [4.78, 5) is 39.3. The minimum Gasteiger partial charge on any atom is -0.463 e. The molecule has 0 spiro atoms. The number of carbonyl (C=O) groups excluding carboxylic acids is 1. The molecular formula is C25H25N3O4. The zero-order valence-electron chi connectivity index (χ0n) is 18.5. The van der Waals surface area contributed by atoms with E-state index in [1.807, 2.05) is 61.5 Å². The number of ether oxygens (including phenoxy) is 1. The highest BCUT2D eigenvalue weighted by Crippen LogP contribution is 2.42. The first kappa shape index (κ1) is 21.4. The number of aryl methyl sites for hydroxylation is 1. The molecule has 164 valence electrons. The van der Waals surface area contributed by atoms with E-state index in [2.05, 4.69) is 5.32 Å². The average molecular weight is 431 g/mol. The van der Waals surface area contributed by atoms with Gasteiger partial charge in [0.1, 0.15) is 5.82 Å². The molecule has 3 aromatic rings. The van der Waals surface area contributed by atoms with Crippen LogP contribution in [-0.4, -0.2) is 21.7 Å². The molecule has 0 aliphatic carbocycles. The van der Waals surface area contributed by atoms with Crippen LogP contribution in [0.1, 0.15) is 35.1 Å². The predicted octanol–water partition coefficient (Wildman–Crippen LogP) is 2.92. The highest BCUT2D eigenvalue weighted by Gasteiger charge is 2.38. The summed E-state index contributed by atoms with van der Waals surface area (Å²) in [6, 6.07) is 17.0. The summed E-state index contributed by atoms with van der Waals surface area (Å²) in [6.07, 6.45) is 0. The number of hydrogen-bond acceptors (Lipinski definition) is 5. The van der Waals surface area contributed by atoms with Crippen molar-refractivity contribution >= 4 is 17.5 Å². The Hall–Kier alpha value is -3.87. The van der Waals surface area contributed by atoms with Crippen LogP contribution in [0.3, 0.4) is 0 Å². The number of benzene rings is 2. The molecule has 7 heteroatoms. The second-order valence-corrected chi connectivity index (χ2v) is 7.81. The lowest BCUT2D eigenvalue weighted by Gasteiger charge is -2.32. The van der Waals surface area contributed by atoms with Crippen LogP contribution < -0.4 is 16.6 Å². The maximum atomic E-state index is 13.3. The van der Waals surface area contributed by atoms with Crippen LogP contribution in [0.5, 0.6) is 0 Å². The molecule has 2 heterocycles. The molecule has 1 aromatic heterocycles. The lowest BCUT2D eigenvalue weighted by molar-refractivity contribution is -0.138. The number of hydrogen-bond donors (Lipinski definition) is 1. The van der Waals surface area contributed by atoms with E-state index in [1.165, 1.54) is 11.6 Å². The van der Waals surface area contributed by atoms with Crippen molar-refractivity contribution in [2.24, 2.45) is 14.1 Å². The average Bonchev–Trinajstić information content (AvgIpc) is 2.81. The zero-order valence-corrected chi connectivity index (χ0v) is 18.5. The Bertz CT molecular complexity index is 1330. The van der Waals surface area contributed by atoms with Gasteiger partial charge in [-0.1, -0.05) is 60.2 Å². The molecule has 0 saturated carbocycles. The summed E-state index contributed by atoms with van der Waals surface area (Å²) in [5.41, 5.74) is 2.88. The third-order valence-corrected chi connectivity index (χ3v) is 5.76. The van der Waals surface area contributed by atoms with Gasteiger partial charge in [0.2, 0.25) is 0 Å². The fourth-order valence-electron chi connectivity index (χ4n) is 4.11. The van der Waals surface area contributed by atoms with Crippen molar-refractivity contribution < 1.29 is 9.53 Å². The first-order valence-corrected chi connectivity index (χ1v) is 10.4.